The molecule has 0 aliphatic rings. The van der Waals surface area contributed by atoms with Gasteiger partial charge in [0.25, 0.3) is 5.91 Å². The second-order valence-corrected chi connectivity index (χ2v) is 5.03. The van der Waals surface area contributed by atoms with Gasteiger partial charge in [-0.2, -0.15) is 5.10 Å². The SMILES string of the molecule is COC(=O)c1ccccc1/C=N\NC(=O)[C@@H](C)Oc1ccc(F)cc1. The maximum absolute atomic E-state index is 12.8. The summed E-state index contributed by atoms with van der Waals surface area (Å²) in [5, 5.41) is 3.82. The molecule has 7 heteroatoms. The van der Waals surface area contributed by atoms with Gasteiger partial charge in [0.15, 0.2) is 6.10 Å². The molecule has 6 nitrogen and oxygen atoms in total. The quantitative estimate of drug-likeness (QED) is 0.496. The first-order valence-electron chi connectivity index (χ1n) is 7.43. The average molecular weight is 344 g/mol. The summed E-state index contributed by atoms with van der Waals surface area (Å²) < 4.78 is 22.9. The van der Waals surface area contributed by atoms with Crippen LogP contribution in [0.5, 0.6) is 5.75 Å². The monoisotopic (exact) mass is 344 g/mol. The molecule has 2 rings (SSSR count). The van der Waals surface area contributed by atoms with E-state index in [9.17, 15) is 14.0 Å². The van der Waals surface area contributed by atoms with E-state index in [4.69, 9.17) is 4.74 Å². The smallest absolute Gasteiger partial charge is 0.338 e. The summed E-state index contributed by atoms with van der Waals surface area (Å²) in [5.74, 6) is -1.01. The zero-order valence-electron chi connectivity index (χ0n) is 13.7. The van der Waals surface area contributed by atoms with Gasteiger partial charge in [0.1, 0.15) is 11.6 Å². The highest BCUT2D eigenvalue weighted by atomic mass is 19.1. The van der Waals surface area contributed by atoms with Crippen LogP contribution in [0.2, 0.25) is 0 Å². The van der Waals surface area contributed by atoms with Crippen LogP contribution in [-0.4, -0.2) is 31.3 Å². The van der Waals surface area contributed by atoms with E-state index in [1.165, 1.54) is 44.5 Å². The van der Waals surface area contributed by atoms with Crippen molar-refractivity contribution in [3.63, 3.8) is 0 Å². The van der Waals surface area contributed by atoms with Gasteiger partial charge in [-0.15, -0.1) is 0 Å². The van der Waals surface area contributed by atoms with Crippen molar-refractivity contribution in [3.05, 3.63) is 65.5 Å². The summed E-state index contributed by atoms with van der Waals surface area (Å²) in [6.07, 6.45) is 0.507. The maximum atomic E-state index is 12.8. The molecule has 1 atom stereocenters. The molecule has 130 valence electrons. The summed E-state index contributed by atoms with van der Waals surface area (Å²) in [4.78, 5) is 23.6. The minimum absolute atomic E-state index is 0.332. The predicted octanol–water partition coefficient (Wildman–Crippen LogP) is 2.53. The van der Waals surface area contributed by atoms with E-state index in [0.29, 0.717) is 16.9 Å². The van der Waals surface area contributed by atoms with Crippen molar-refractivity contribution in [3.8, 4) is 5.75 Å². The Morgan fingerprint density at radius 2 is 1.84 bits per heavy atom. The third-order valence-corrected chi connectivity index (χ3v) is 3.24. The van der Waals surface area contributed by atoms with Crippen molar-refractivity contribution in [1.29, 1.82) is 0 Å². The minimum atomic E-state index is -0.835. The highest BCUT2D eigenvalue weighted by Gasteiger charge is 2.14. The van der Waals surface area contributed by atoms with E-state index in [1.807, 2.05) is 0 Å². The van der Waals surface area contributed by atoms with E-state index in [-0.39, 0.29) is 0 Å². The van der Waals surface area contributed by atoms with E-state index in [1.54, 1.807) is 24.3 Å². The molecule has 1 amide bonds. The van der Waals surface area contributed by atoms with Crippen LogP contribution in [-0.2, 0) is 9.53 Å². The van der Waals surface area contributed by atoms with Crippen LogP contribution >= 0.6 is 0 Å². The van der Waals surface area contributed by atoms with Gasteiger partial charge >= 0.3 is 5.97 Å². The number of methoxy groups -OCH3 is 1. The van der Waals surface area contributed by atoms with E-state index in [2.05, 4.69) is 15.3 Å². The fraction of sp³-hybridized carbons (Fsp3) is 0.167. The molecular formula is C18H17FN2O4. The molecule has 0 bridgehead atoms. The summed E-state index contributed by atoms with van der Waals surface area (Å²) >= 11 is 0. The number of nitrogens with one attached hydrogen (secondary N) is 1. The topological polar surface area (TPSA) is 77.0 Å². The molecule has 1 N–H and O–H groups in total. The number of amides is 1. The zero-order chi connectivity index (χ0) is 18.2. The molecule has 0 radical (unpaired) electrons. The molecular weight excluding hydrogens is 327 g/mol. The molecule has 0 unspecified atom stereocenters. The number of carbonyl (C=O) groups excluding carboxylic acids is 2. The first-order valence-corrected chi connectivity index (χ1v) is 7.43. The fourth-order valence-corrected chi connectivity index (χ4v) is 1.93. The van der Waals surface area contributed by atoms with E-state index >= 15 is 0 Å². The van der Waals surface area contributed by atoms with Crippen LogP contribution in [0, 0.1) is 5.82 Å². The van der Waals surface area contributed by atoms with Gasteiger partial charge in [-0.05, 0) is 37.3 Å². The Morgan fingerprint density at radius 1 is 1.16 bits per heavy atom. The second-order valence-electron chi connectivity index (χ2n) is 5.03. The molecule has 2 aromatic rings. The molecule has 0 aliphatic heterocycles. The molecule has 0 saturated heterocycles. The van der Waals surface area contributed by atoms with Crippen LogP contribution in [0.25, 0.3) is 0 Å². The number of nitrogens with zero attached hydrogens (tertiary/aromatic N) is 1. The van der Waals surface area contributed by atoms with E-state index < -0.39 is 23.8 Å². The third-order valence-electron chi connectivity index (χ3n) is 3.24. The van der Waals surface area contributed by atoms with Crippen LogP contribution in [0.15, 0.2) is 53.6 Å². The molecule has 0 spiro atoms. The third kappa shape index (κ3) is 5.13. The number of esters is 1. The van der Waals surface area contributed by atoms with Crippen molar-refractivity contribution in [2.24, 2.45) is 5.10 Å². The standard InChI is InChI=1S/C18H17FN2O4/c1-12(25-15-9-7-14(19)8-10-15)17(22)21-20-11-13-5-3-4-6-16(13)18(23)24-2/h3-12H,1-2H3,(H,21,22)/b20-11-/t12-/m1/s1. The second kappa shape index (κ2) is 8.58. The Hall–Kier alpha value is -3.22. The van der Waals surface area contributed by atoms with Gasteiger partial charge in [0.05, 0.1) is 18.9 Å². The molecule has 0 aromatic heterocycles. The summed E-state index contributed by atoms with van der Waals surface area (Å²) in [7, 11) is 1.28. The van der Waals surface area contributed by atoms with Gasteiger partial charge in [-0.3, -0.25) is 4.79 Å². The number of halogens is 1. The van der Waals surface area contributed by atoms with Crippen LogP contribution in [0.3, 0.4) is 0 Å². The molecule has 0 fully saturated rings. The van der Waals surface area contributed by atoms with Crippen LogP contribution in [0.4, 0.5) is 4.39 Å². The Kier molecular flexibility index (Phi) is 6.22. The number of ether oxygens (including phenoxy) is 2. The Labute approximate surface area is 144 Å². The number of benzene rings is 2. The number of carbonyl (C=O) groups is 2. The first kappa shape index (κ1) is 18.1. The summed E-state index contributed by atoms with van der Waals surface area (Å²) in [6, 6.07) is 12.0. The van der Waals surface area contributed by atoms with Crippen molar-refractivity contribution in [1.82, 2.24) is 5.43 Å². The number of hydrazone groups is 1. The molecule has 0 aliphatic carbocycles. The van der Waals surface area contributed by atoms with Gasteiger partial charge in [-0.25, -0.2) is 14.6 Å². The van der Waals surface area contributed by atoms with Crippen molar-refractivity contribution >= 4 is 18.1 Å². The normalized spacial score (nSPS) is 11.8. The molecule has 0 saturated carbocycles. The van der Waals surface area contributed by atoms with Crippen LogP contribution in [0.1, 0.15) is 22.8 Å². The number of rotatable bonds is 6. The summed E-state index contributed by atoms with van der Waals surface area (Å²) in [5.41, 5.74) is 3.16. The van der Waals surface area contributed by atoms with Gasteiger partial charge in [0, 0.05) is 5.56 Å². The van der Waals surface area contributed by atoms with Crippen molar-refractivity contribution in [2.75, 3.05) is 7.11 Å². The molecule has 0 heterocycles. The average Bonchev–Trinajstić information content (AvgIpc) is 2.63. The van der Waals surface area contributed by atoms with E-state index in [0.717, 1.165) is 0 Å². The summed E-state index contributed by atoms with van der Waals surface area (Å²) in [6.45, 7) is 1.54. The van der Waals surface area contributed by atoms with Gasteiger partial charge < -0.3 is 9.47 Å². The first-order chi connectivity index (χ1) is 12.0. The van der Waals surface area contributed by atoms with Crippen molar-refractivity contribution < 1.29 is 23.5 Å². The number of hydrogen-bond donors (Lipinski definition) is 1. The minimum Gasteiger partial charge on any atom is -0.481 e. The van der Waals surface area contributed by atoms with Gasteiger partial charge in [-0.1, -0.05) is 18.2 Å². The highest BCUT2D eigenvalue weighted by molar-refractivity contribution is 5.99. The van der Waals surface area contributed by atoms with Crippen molar-refractivity contribution in [2.45, 2.75) is 13.0 Å². The molecule has 2 aromatic carbocycles. The lowest BCUT2D eigenvalue weighted by Gasteiger charge is -2.12. The van der Waals surface area contributed by atoms with Gasteiger partial charge in [0.2, 0.25) is 0 Å². The predicted molar refractivity (Wildman–Crippen MR) is 90.0 cm³/mol. The largest absolute Gasteiger partial charge is 0.481 e. The Balaban J connectivity index is 1.96. The van der Waals surface area contributed by atoms with Crippen LogP contribution < -0.4 is 10.2 Å². The highest BCUT2D eigenvalue weighted by Crippen LogP contribution is 2.13. The Bertz CT molecular complexity index is 775. The maximum Gasteiger partial charge on any atom is 0.338 e. The fourth-order valence-electron chi connectivity index (χ4n) is 1.93. The lowest BCUT2D eigenvalue weighted by Crippen LogP contribution is -2.33. The lowest BCUT2D eigenvalue weighted by molar-refractivity contribution is -0.127. The lowest BCUT2D eigenvalue weighted by atomic mass is 10.1. The zero-order valence-corrected chi connectivity index (χ0v) is 13.7. The molecule has 25 heavy (non-hydrogen) atoms. The Morgan fingerprint density at radius 3 is 2.52 bits per heavy atom. The number of hydrogen-bond acceptors (Lipinski definition) is 5.